The van der Waals surface area contributed by atoms with Crippen LogP contribution in [-0.2, 0) is 16.0 Å². The Balaban J connectivity index is 2.09. The topological polar surface area (TPSA) is 58.6 Å². The lowest BCUT2D eigenvalue weighted by atomic mass is 9.85. The van der Waals surface area contributed by atoms with Crippen molar-refractivity contribution in [2.75, 3.05) is 13.1 Å². The number of likely N-dealkylation sites (N-methyl/N-ethyl adjacent to an activating group) is 1. The molecule has 2 amide bonds. The zero-order valence-corrected chi connectivity index (χ0v) is 16.0. The normalized spacial score (nSPS) is 20.6. The fourth-order valence-corrected chi connectivity index (χ4v) is 3.26. The van der Waals surface area contributed by atoms with Crippen LogP contribution in [0.3, 0.4) is 0 Å². The molecule has 1 aliphatic heterocycles. The Labute approximate surface area is 154 Å². The Hall–Kier alpha value is -2.11. The van der Waals surface area contributed by atoms with Gasteiger partial charge in [0, 0.05) is 13.1 Å². The first-order valence-corrected chi connectivity index (χ1v) is 9.21. The Bertz CT molecular complexity index is 625. The van der Waals surface area contributed by atoms with Gasteiger partial charge in [-0.15, -0.1) is 0 Å². The molecule has 0 bridgehead atoms. The lowest BCUT2D eigenvalue weighted by Gasteiger charge is -2.39. The first-order chi connectivity index (χ1) is 12.2. The number of benzene rings is 1. The third-order valence-corrected chi connectivity index (χ3v) is 4.43. The van der Waals surface area contributed by atoms with Gasteiger partial charge in [-0.1, -0.05) is 12.1 Å². The van der Waals surface area contributed by atoms with Crippen LogP contribution < -0.4 is 5.32 Å². The largest absolute Gasteiger partial charge is 0.444 e. The molecule has 1 aromatic carbocycles. The number of amides is 2. The third-order valence-electron chi connectivity index (χ3n) is 4.43. The number of carbonyl (C=O) groups is 2. The Morgan fingerprint density at radius 1 is 1.27 bits per heavy atom. The van der Waals surface area contributed by atoms with Crippen molar-refractivity contribution in [3.05, 3.63) is 35.6 Å². The number of piperidine rings is 1. The van der Waals surface area contributed by atoms with Crippen molar-refractivity contribution < 1.29 is 18.7 Å². The lowest BCUT2D eigenvalue weighted by molar-refractivity contribution is -0.128. The van der Waals surface area contributed by atoms with E-state index in [9.17, 15) is 14.0 Å². The molecule has 2 rings (SSSR count). The van der Waals surface area contributed by atoms with Crippen molar-refractivity contribution in [3.63, 3.8) is 0 Å². The summed E-state index contributed by atoms with van der Waals surface area (Å²) in [5, 5.41) is 2.82. The summed E-state index contributed by atoms with van der Waals surface area (Å²) in [6.45, 7) is 8.28. The molecule has 1 N–H and O–H groups in total. The molecule has 1 aliphatic rings. The fraction of sp³-hybridized carbons (Fsp3) is 0.600. The number of halogens is 1. The average Bonchev–Trinajstić information content (AvgIpc) is 2.55. The van der Waals surface area contributed by atoms with Crippen molar-refractivity contribution >= 4 is 12.0 Å². The van der Waals surface area contributed by atoms with Crippen molar-refractivity contribution in [3.8, 4) is 0 Å². The van der Waals surface area contributed by atoms with Crippen LogP contribution in [0.2, 0.25) is 0 Å². The quantitative estimate of drug-likeness (QED) is 0.889. The van der Waals surface area contributed by atoms with Crippen molar-refractivity contribution in [2.24, 2.45) is 5.92 Å². The first kappa shape index (κ1) is 20.2. The van der Waals surface area contributed by atoms with E-state index in [0.29, 0.717) is 19.5 Å². The molecule has 5 nitrogen and oxygen atoms in total. The highest BCUT2D eigenvalue weighted by atomic mass is 19.1. The molecule has 1 heterocycles. The SMILES string of the molecule is CCNC(=O)C1CC(Cc2ccc(F)cc2)CCN1C(=O)OC(C)(C)C. The number of hydrogen-bond acceptors (Lipinski definition) is 3. The van der Waals surface area contributed by atoms with Crippen LogP contribution in [0.25, 0.3) is 0 Å². The van der Waals surface area contributed by atoms with E-state index in [1.807, 2.05) is 27.7 Å². The summed E-state index contributed by atoms with van der Waals surface area (Å²) in [7, 11) is 0. The molecule has 0 aromatic heterocycles. The maximum atomic E-state index is 13.1. The van der Waals surface area contributed by atoms with Crippen LogP contribution in [-0.4, -0.2) is 41.6 Å². The third kappa shape index (κ3) is 5.71. The van der Waals surface area contributed by atoms with Crippen LogP contribution in [0.15, 0.2) is 24.3 Å². The molecule has 0 aliphatic carbocycles. The van der Waals surface area contributed by atoms with Crippen molar-refractivity contribution in [1.29, 1.82) is 0 Å². The number of ether oxygens (including phenoxy) is 1. The van der Waals surface area contributed by atoms with Crippen LogP contribution in [0.4, 0.5) is 9.18 Å². The summed E-state index contributed by atoms with van der Waals surface area (Å²) >= 11 is 0. The van der Waals surface area contributed by atoms with E-state index in [1.54, 1.807) is 12.1 Å². The Morgan fingerprint density at radius 3 is 2.50 bits per heavy atom. The maximum Gasteiger partial charge on any atom is 0.410 e. The molecule has 2 atom stereocenters. The second kappa shape index (κ2) is 8.52. The van der Waals surface area contributed by atoms with E-state index in [0.717, 1.165) is 18.4 Å². The van der Waals surface area contributed by atoms with Gasteiger partial charge in [0.05, 0.1) is 0 Å². The fourth-order valence-electron chi connectivity index (χ4n) is 3.26. The van der Waals surface area contributed by atoms with Crippen molar-refractivity contribution in [1.82, 2.24) is 10.2 Å². The molecule has 6 heteroatoms. The van der Waals surface area contributed by atoms with Crippen molar-refractivity contribution in [2.45, 2.75) is 58.6 Å². The van der Waals surface area contributed by atoms with E-state index in [-0.39, 0.29) is 17.6 Å². The minimum Gasteiger partial charge on any atom is -0.444 e. The number of hydrogen-bond donors (Lipinski definition) is 1. The highest BCUT2D eigenvalue weighted by Gasteiger charge is 2.38. The smallest absolute Gasteiger partial charge is 0.410 e. The van der Waals surface area contributed by atoms with Crippen LogP contribution in [0, 0.1) is 11.7 Å². The molecule has 1 saturated heterocycles. The molecule has 0 radical (unpaired) electrons. The van der Waals surface area contributed by atoms with Crippen LogP contribution >= 0.6 is 0 Å². The van der Waals surface area contributed by atoms with Gasteiger partial charge in [0.1, 0.15) is 17.5 Å². The number of nitrogens with zero attached hydrogens (tertiary/aromatic N) is 1. The molecular weight excluding hydrogens is 335 g/mol. The average molecular weight is 364 g/mol. The summed E-state index contributed by atoms with van der Waals surface area (Å²) in [5.41, 5.74) is 0.435. The van der Waals surface area contributed by atoms with Gasteiger partial charge in [-0.3, -0.25) is 9.69 Å². The summed E-state index contributed by atoms with van der Waals surface area (Å²) in [6.07, 6.45) is 1.67. The van der Waals surface area contributed by atoms with E-state index < -0.39 is 17.7 Å². The number of carbonyl (C=O) groups excluding carboxylic acids is 2. The zero-order valence-electron chi connectivity index (χ0n) is 16.0. The standard InChI is InChI=1S/C20H29FN2O3/c1-5-22-18(24)17-13-15(12-14-6-8-16(21)9-7-14)10-11-23(17)19(25)26-20(2,3)4/h6-9,15,17H,5,10-13H2,1-4H3,(H,22,24). The van der Waals surface area contributed by atoms with E-state index in [2.05, 4.69) is 5.32 Å². The summed E-state index contributed by atoms with van der Waals surface area (Å²) in [5.74, 6) is -0.150. The van der Waals surface area contributed by atoms with Gasteiger partial charge in [-0.25, -0.2) is 9.18 Å². The van der Waals surface area contributed by atoms with Gasteiger partial charge < -0.3 is 10.1 Å². The van der Waals surface area contributed by atoms with E-state index in [1.165, 1.54) is 17.0 Å². The second-order valence-electron chi connectivity index (χ2n) is 7.81. The van der Waals surface area contributed by atoms with Gasteiger partial charge in [0.2, 0.25) is 5.91 Å². The van der Waals surface area contributed by atoms with Gasteiger partial charge in [0.25, 0.3) is 0 Å². The zero-order chi connectivity index (χ0) is 19.3. The molecule has 26 heavy (non-hydrogen) atoms. The summed E-state index contributed by atoms with van der Waals surface area (Å²) < 4.78 is 18.6. The van der Waals surface area contributed by atoms with E-state index >= 15 is 0 Å². The molecule has 2 unspecified atom stereocenters. The van der Waals surface area contributed by atoms with Gasteiger partial charge in [-0.05, 0) is 70.6 Å². The molecule has 1 aromatic rings. The summed E-state index contributed by atoms with van der Waals surface area (Å²) in [4.78, 5) is 26.6. The highest BCUT2D eigenvalue weighted by molar-refractivity contribution is 5.86. The highest BCUT2D eigenvalue weighted by Crippen LogP contribution is 2.28. The van der Waals surface area contributed by atoms with Crippen LogP contribution in [0.1, 0.15) is 46.1 Å². The predicted molar refractivity (Wildman–Crippen MR) is 98.2 cm³/mol. The molecule has 0 saturated carbocycles. The second-order valence-corrected chi connectivity index (χ2v) is 7.81. The number of likely N-dealkylation sites (tertiary alicyclic amines) is 1. The van der Waals surface area contributed by atoms with Gasteiger partial charge in [0.15, 0.2) is 0 Å². The lowest BCUT2D eigenvalue weighted by Crippen LogP contribution is -2.54. The minimum absolute atomic E-state index is 0.151. The number of rotatable bonds is 4. The predicted octanol–water partition coefficient (Wildman–Crippen LogP) is 3.52. The summed E-state index contributed by atoms with van der Waals surface area (Å²) in [6, 6.07) is 5.91. The van der Waals surface area contributed by atoms with Gasteiger partial charge in [-0.2, -0.15) is 0 Å². The molecule has 0 spiro atoms. The van der Waals surface area contributed by atoms with E-state index in [4.69, 9.17) is 4.74 Å². The first-order valence-electron chi connectivity index (χ1n) is 9.21. The molecular formula is C20H29FN2O3. The Morgan fingerprint density at radius 2 is 1.92 bits per heavy atom. The minimum atomic E-state index is -0.603. The monoisotopic (exact) mass is 364 g/mol. The molecule has 144 valence electrons. The van der Waals surface area contributed by atoms with Crippen LogP contribution in [0.5, 0.6) is 0 Å². The Kier molecular flexibility index (Phi) is 6.62. The molecule has 1 fully saturated rings. The maximum absolute atomic E-state index is 13.1. The van der Waals surface area contributed by atoms with Gasteiger partial charge >= 0.3 is 6.09 Å². The number of nitrogens with one attached hydrogen (secondary N) is 1.